The molecule has 146 valence electrons. The smallest absolute Gasteiger partial charge is 0.209 e. The molecular formula is C22H26N4OS. The summed E-state index contributed by atoms with van der Waals surface area (Å²) in [5, 5.41) is 4.61. The third-order valence-corrected chi connectivity index (χ3v) is 5.71. The van der Waals surface area contributed by atoms with Gasteiger partial charge in [-0.1, -0.05) is 18.2 Å². The molecule has 1 aliphatic heterocycles. The average molecular weight is 395 g/mol. The van der Waals surface area contributed by atoms with Gasteiger partial charge in [-0.2, -0.15) is 0 Å². The highest BCUT2D eigenvalue weighted by molar-refractivity contribution is 7.07. The van der Waals surface area contributed by atoms with Crippen LogP contribution in [0.1, 0.15) is 6.92 Å². The van der Waals surface area contributed by atoms with Gasteiger partial charge in [0.05, 0.1) is 18.0 Å². The second-order valence-electron chi connectivity index (χ2n) is 6.88. The lowest BCUT2D eigenvalue weighted by Crippen LogP contribution is -2.52. The number of piperazine rings is 1. The minimum atomic E-state index is 0.680. The molecule has 2 aromatic carbocycles. The molecule has 0 N–H and O–H groups in total. The maximum atomic E-state index is 5.60. The number of aromatic nitrogens is 1. The van der Waals surface area contributed by atoms with E-state index in [0.717, 1.165) is 42.4 Å². The van der Waals surface area contributed by atoms with Crippen LogP contribution in [0.4, 0.5) is 5.69 Å². The van der Waals surface area contributed by atoms with Crippen LogP contribution in [0.25, 0.3) is 11.3 Å². The zero-order chi connectivity index (χ0) is 19.3. The van der Waals surface area contributed by atoms with Crippen LogP contribution in [-0.4, -0.2) is 49.4 Å². The first-order valence-electron chi connectivity index (χ1n) is 9.72. The molecule has 1 saturated heterocycles. The fourth-order valence-electron chi connectivity index (χ4n) is 3.35. The molecule has 0 bridgehead atoms. The van der Waals surface area contributed by atoms with Gasteiger partial charge < -0.3 is 14.6 Å². The van der Waals surface area contributed by atoms with Gasteiger partial charge in [0.2, 0.25) is 4.80 Å². The molecule has 0 unspecified atom stereocenters. The van der Waals surface area contributed by atoms with Crippen LogP contribution < -0.4 is 14.5 Å². The molecule has 0 saturated carbocycles. The van der Waals surface area contributed by atoms with Crippen molar-refractivity contribution < 1.29 is 4.74 Å². The molecule has 0 amide bonds. The number of likely N-dealkylation sites (N-methyl/N-ethyl adjacent to an activating group) is 1. The summed E-state index contributed by atoms with van der Waals surface area (Å²) in [5.74, 6) is 0.904. The quantitative estimate of drug-likeness (QED) is 0.661. The van der Waals surface area contributed by atoms with Gasteiger partial charge in [0.25, 0.3) is 0 Å². The van der Waals surface area contributed by atoms with Crippen LogP contribution >= 0.6 is 11.3 Å². The van der Waals surface area contributed by atoms with E-state index in [9.17, 15) is 0 Å². The number of hydrogen-bond acceptors (Lipinski definition) is 5. The van der Waals surface area contributed by atoms with Gasteiger partial charge in [-0.05, 0) is 50.4 Å². The number of benzene rings is 2. The summed E-state index contributed by atoms with van der Waals surface area (Å²) in [4.78, 5) is 8.30. The minimum absolute atomic E-state index is 0.680. The van der Waals surface area contributed by atoms with Crippen molar-refractivity contribution in [3.8, 4) is 17.0 Å². The summed E-state index contributed by atoms with van der Waals surface area (Å²) in [5.41, 5.74) is 3.32. The van der Waals surface area contributed by atoms with Crippen LogP contribution in [0.5, 0.6) is 5.75 Å². The Morgan fingerprint density at radius 3 is 2.36 bits per heavy atom. The normalized spacial score (nSPS) is 15.8. The summed E-state index contributed by atoms with van der Waals surface area (Å²) < 4.78 is 7.89. The molecule has 1 aromatic heterocycles. The van der Waals surface area contributed by atoms with Gasteiger partial charge in [0.15, 0.2) is 0 Å². The highest BCUT2D eigenvalue weighted by atomic mass is 32.1. The van der Waals surface area contributed by atoms with Crippen LogP contribution in [-0.2, 0) is 0 Å². The summed E-state index contributed by atoms with van der Waals surface area (Å²) in [6.45, 7) is 6.76. The lowest BCUT2D eigenvalue weighted by atomic mass is 10.1. The fourth-order valence-corrected chi connectivity index (χ4v) is 4.27. The number of para-hydroxylation sites is 1. The highest BCUT2D eigenvalue weighted by Crippen LogP contribution is 2.24. The summed E-state index contributed by atoms with van der Waals surface area (Å²) in [6, 6.07) is 18.5. The molecule has 0 radical (unpaired) electrons. The first-order valence-corrected chi connectivity index (χ1v) is 10.6. The number of ether oxygens (including phenoxy) is 1. The van der Waals surface area contributed by atoms with Crippen molar-refractivity contribution in [2.24, 2.45) is 4.99 Å². The molecule has 28 heavy (non-hydrogen) atoms. The van der Waals surface area contributed by atoms with Crippen LogP contribution in [0.15, 0.2) is 65.0 Å². The van der Waals surface area contributed by atoms with E-state index in [0.29, 0.717) is 6.61 Å². The predicted octanol–water partition coefficient (Wildman–Crippen LogP) is 3.73. The standard InChI is InChI=1S/C22H26N4OS/c1-3-27-20-11-9-18(10-12-20)21-17-28-22(23-19-7-5-4-6-8-19)26(21)25-15-13-24(2)14-16-25/h4-12,17H,3,13-16H2,1-2H3. The summed E-state index contributed by atoms with van der Waals surface area (Å²) in [6.07, 6.45) is 0. The van der Waals surface area contributed by atoms with Gasteiger partial charge in [-0.15, -0.1) is 11.3 Å². The SMILES string of the molecule is CCOc1ccc(-c2csc(=Nc3ccccc3)n2N2CCN(C)CC2)cc1. The van der Waals surface area contributed by atoms with E-state index in [2.05, 4.69) is 39.1 Å². The lowest BCUT2D eigenvalue weighted by molar-refractivity contribution is 0.287. The van der Waals surface area contributed by atoms with E-state index < -0.39 is 0 Å². The number of thiazole rings is 1. The Morgan fingerprint density at radius 1 is 0.964 bits per heavy atom. The van der Waals surface area contributed by atoms with Crippen LogP contribution in [0, 0.1) is 0 Å². The Balaban J connectivity index is 1.77. The number of hydrogen-bond donors (Lipinski definition) is 0. The molecule has 0 spiro atoms. The van der Waals surface area contributed by atoms with Crippen molar-refractivity contribution >= 4 is 17.0 Å². The Bertz CT molecular complexity index is 954. The van der Waals surface area contributed by atoms with Gasteiger partial charge in [0, 0.05) is 37.1 Å². The third-order valence-electron chi connectivity index (χ3n) is 4.89. The number of nitrogens with zero attached hydrogens (tertiary/aromatic N) is 4. The lowest BCUT2D eigenvalue weighted by Gasteiger charge is -2.35. The van der Waals surface area contributed by atoms with Crippen LogP contribution in [0.3, 0.4) is 0 Å². The first kappa shape index (κ1) is 18.8. The molecule has 3 aromatic rings. The Hall–Kier alpha value is -2.57. The van der Waals surface area contributed by atoms with E-state index in [-0.39, 0.29) is 0 Å². The molecule has 1 aliphatic rings. The van der Waals surface area contributed by atoms with Crippen molar-refractivity contribution in [1.82, 2.24) is 9.58 Å². The van der Waals surface area contributed by atoms with E-state index in [4.69, 9.17) is 9.73 Å². The summed E-state index contributed by atoms with van der Waals surface area (Å²) in [7, 11) is 2.18. The topological polar surface area (TPSA) is 33.0 Å². The summed E-state index contributed by atoms with van der Waals surface area (Å²) >= 11 is 1.68. The zero-order valence-corrected chi connectivity index (χ0v) is 17.2. The first-order chi connectivity index (χ1) is 13.7. The molecular weight excluding hydrogens is 368 g/mol. The van der Waals surface area contributed by atoms with Gasteiger partial charge >= 0.3 is 0 Å². The van der Waals surface area contributed by atoms with Gasteiger partial charge in [-0.25, -0.2) is 9.67 Å². The number of rotatable bonds is 5. The molecule has 0 aliphatic carbocycles. The van der Waals surface area contributed by atoms with E-state index in [1.807, 2.05) is 49.4 Å². The molecule has 5 nitrogen and oxygen atoms in total. The fraction of sp³-hybridized carbons (Fsp3) is 0.318. The van der Waals surface area contributed by atoms with Crippen molar-refractivity contribution in [2.45, 2.75) is 6.92 Å². The van der Waals surface area contributed by atoms with E-state index >= 15 is 0 Å². The Kier molecular flexibility index (Phi) is 5.78. The molecule has 6 heteroatoms. The Morgan fingerprint density at radius 2 is 1.68 bits per heavy atom. The second-order valence-corrected chi connectivity index (χ2v) is 7.71. The Labute approximate surface area is 170 Å². The molecule has 2 heterocycles. The van der Waals surface area contributed by atoms with E-state index in [1.54, 1.807) is 11.3 Å². The molecule has 1 fully saturated rings. The highest BCUT2D eigenvalue weighted by Gasteiger charge is 2.19. The largest absolute Gasteiger partial charge is 0.494 e. The van der Waals surface area contributed by atoms with Crippen molar-refractivity contribution in [3.63, 3.8) is 0 Å². The van der Waals surface area contributed by atoms with Crippen molar-refractivity contribution in [3.05, 3.63) is 64.8 Å². The minimum Gasteiger partial charge on any atom is -0.494 e. The van der Waals surface area contributed by atoms with Gasteiger partial charge in [0.1, 0.15) is 5.75 Å². The third kappa shape index (κ3) is 4.13. The average Bonchev–Trinajstić information content (AvgIpc) is 3.14. The van der Waals surface area contributed by atoms with Crippen molar-refractivity contribution in [1.29, 1.82) is 0 Å². The van der Waals surface area contributed by atoms with E-state index in [1.165, 1.54) is 11.3 Å². The zero-order valence-electron chi connectivity index (χ0n) is 16.4. The maximum Gasteiger partial charge on any atom is 0.209 e. The predicted molar refractivity (Wildman–Crippen MR) is 116 cm³/mol. The monoisotopic (exact) mass is 394 g/mol. The van der Waals surface area contributed by atoms with Crippen LogP contribution in [0.2, 0.25) is 0 Å². The van der Waals surface area contributed by atoms with Gasteiger partial charge in [-0.3, -0.25) is 0 Å². The van der Waals surface area contributed by atoms with Crippen molar-refractivity contribution in [2.75, 3.05) is 44.8 Å². The maximum absolute atomic E-state index is 5.60. The molecule has 0 atom stereocenters. The second kappa shape index (κ2) is 8.63. The molecule has 4 rings (SSSR count).